The molecule has 1 fully saturated rings. The molecule has 0 amide bonds. The van der Waals surface area contributed by atoms with E-state index in [1.54, 1.807) is 26.2 Å². The number of rotatable bonds is 6. The Kier molecular flexibility index (Phi) is 4.51. The van der Waals surface area contributed by atoms with E-state index in [1.807, 2.05) is 0 Å². The SMILES string of the molecule is Cc1cc(-c2nc(NS(C)(=O)=O)ncc2OCC2CC2)cn(C)c1=O. The molecular weight excluding hydrogens is 344 g/mol. The Balaban J connectivity index is 2.05. The maximum absolute atomic E-state index is 11.9. The van der Waals surface area contributed by atoms with Crippen molar-refractivity contribution in [2.24, 2.45) is 13.0 Å². The number of pyridine rings is 1. The number of sulfonamides is 1. The smallest absolute Gasteiger partial charge is 0.253 e. The predicted octanol–water partition coefficient (Wildman–Crippen LogP) is 1.31. The van der Waals surface area contributed by atoms with Gasteiger partial charge in [0.05, 0.1) is 19.1 Å². The van der Waals surface area contributed by atoms with Crippen LogP contribution in [0.3, 0.4) is 0 Å². The second kappa shape index (κ2) is 6.47. The summed E-state index contributed by atoms with van der Waals surface area (Å²) in [6, 6.07) is 1.71. The van der Waals surface area contributed by atoms with Crippen LogP contribution in [0.15, 0.2) is 23.3 Å². The minimum absolute atomic E-state index is 0.0391. The number of hydrogen-bond donors (Lipinski definition) is 1. The van der Waals surface area contributed by atoms with Crippen molar-refractivity contribution in [3.63, 3.8) is 0 Å². The molecule has 1 N–H and O–H groups in total. The molecule has 1 aliphatic rings. The molecule has 134 valence electrons. The van der Waals surface area contributed by atoms with Gasteiger partial charge in [0.25, 0.3) is 5.56 Å². The maximum atomic E-state index is 11.9. The minimum Gasteiger partial charge on any atom is -0.489 e. The van der Waals surface area contributed by atoms with Crippen LogP contribution in [0, 0.1) is 12.8 Å². The Bertz CT molecular complexity index is 938. The van der Waals surface area contributed by atoms with Gasteiger partial charge in [-0.2, -0.15) is 0 Å². The van der Waals surface area contributed by atoms with E-state index in [0.717, 1.165) is 19.1 Å². The molecule has 0 radical (unpaired) electrons. The molecule has 0 spiro atoms. The third kappa shape index (κ3) is 4.36. The molecule has 2 heterocycles. The van der Waals surface area contributed by atoms with Crippen molar-refractivity contribution in [1.29, 1.82) is 0 Å². The highest BCUT2D eigenvalue weighted by molar-refractivity contribution is 7.91. The van der Waals surface area contributed by atoms with Crippen LogP contribution in [0.1, 0.15) is 18.4 Å². The first kappa shape index (κ1) is 17.4. The number of nitrogens with one attached hydrogen (secondary N) is 1. The summed E-state index contributed by atoms with van der Waals surface area (Å²) in [7, 11) is -1.85. The maximum Gasteiger partial charge on any atom is 0.253 e. The van der Waals surface area contributed by atoms with Crippen LogP contribution in [0.2, 0.25) is 0 Å². The zero-order valence-corrected chi connectivity index (χ0v) is 15.1. The number of ether oxygens (including phenoxy) is 1. The minimum atomic E-state index is -3.50. The zero-order valence-electron chi connectivity index (χ0n) is 14.3. The van der Waals surface area contributed by atoms with Gasteiger partial charge in [-0.1, -0.05) is 0 Å². The Hall–Kier alpha value is -2.42. The average molecular weight is 364 g/mol. The van der Waals surface area contributed by atoms with Gasteiger partial charge < -0.3 is 9.30 Å². The molecule has 0 saturated heterocycles. The van der Waals surface area contributed by atoms with E-state index < -0.39 is 10.0 Å². The summed E-state index contributed by atoms with van der Waals surface area (Å²) in [6.45, 7) is 2.29. The molecule has 0 atom stereocenters. The van der Waals surface area contributed by atoms with Gasteiger partial charge in [0.2, 0.25) is 16.0 Å². The fourth-order valence-electron chi connectivity index (χ4n) is 2.40. The summed E-state index contributed by atoms with van der Waals surface area (Å²) in [5.74, 6) is 0.968. The van der Waals surface area contributed by atoms with E-state index in [1.165, 1.54) is 10.8 Å². The molecule has 8 nitrogen and oxygen atoms in total. The van der Waals surface area contributed by atoms with E-state index >= 15 is 0 Å². The Morgan fingerprint density at radius 2 is 2.12 bits per heavy atom. The van der Waals surface area contributed by atoms with Crippen molar-refractivity contribution in [3.8, 4) is 17.0 Å². The molecule has 9 heteroatoms. The van der Waals surface area contributed by atoms with E-state index in [-0.39, 0.29) is 11.5 Å². The number of hydrogen-bond acceptors (Lipinski definition) is 6. The zero-order chi connectivity index (χ0) is 18.2. The third-order valence-electron chi connectivity index (χ3n) is 3.84. The van der Waals surface area contributed by atoms with E-state index in [2.05, 4.69) is 14.7 Å². The second-order valence-corrected chi connectivity index (χ2v) is 8.11. The van der Waals surface area contributed by atoms with Gasteiger partial charge in [0.1, 0.15) is 5.69 Å². The van der Waals surface area contributed by atoms with Crippen molar-refractivity contribution in [2.75, 3.05) is 17.6 Å². The lowest BCUT2D eigenvalue weighted by Gasteiger charge is -2.13. The van der Waals surface area contributed by atoms with Crippen LogP contribution in [-0.2, 0) is 17.1 Å². The van der Waals surface area contributed by atoms with Crippen molar-refractivity contribution in [1.82, 2.24) is 14.5 Å². The van der Waals surface area contributed by atoms with Gasteiger partial charge >= 0.3 is 0 Å². The lowest BCUT2D eigenvalue weighted by atomic mass is 10.1. The lowest BCUT2D eigenvalue weighted by molar-refractivity contribution is 0.299. The van der Waals surface area contributed by atoms with Crippen molar-refractivity contribution in [3.05, 3.63) is 34.4 Å². The lowest BCUT2D eigenvalue weighted by Crippen LogP contribution is -2.19. The standard InChI is InChI=1S/C16H20N4O4S/c1-10-6-12(8-20(2)15(10)21)14-13(24-9-11-4-5-11)7-17-16(18-14)19-25(3,22)23/h6-8,11H,4-5,9H2,1-3H3,(H,17,18,19). The molecule has 1 saturated carbocycles. The van der Waals surface area contributed by atoms with Crippen LogP contribution < -0.4 is 15.0 Å². The monoisotopic (exact) mass is 364 g/mol. The van der Waals surface area contributed by atoms with E-state index in [4.69, 9.17) is 4.74 Å². The average Bonchev–Trinajstić information content (AvgIpc) is 3.33. The van der Waals surface area contributed by atoms with E-state index in [9.17, 15) is 13.2 Å². The Labute approximate surface area is 145 Å². The molecule has 0 bridgehead atoms. The summed E-state index contributed by atoms with van der Waals surface area (Å²) in [4.78, 5) is 20.2. The topological polar surface area (TPSA) is 103 Å². The van der Waals surface area contributed by atoms with Crippen LogP contribution in [0.5, 0.6) is 5.75 Å². The number of aryl methyl sites for hydroxylation is 2. The summed E-state index contributed by atoms with van der Waals surface area (Å²) in [6.07, 6.45) is 6.42. The Morgan fingerprint density at radius 3 is 2.72 bits per heavy atom. The summed E-state index contributed by atoms with van der Waals surface area (Å²) in [5, 5.41) is 0. The largest absolute Gasteiger partial charge is 0.489 e. The molecule has 25 heavy (non-hydrogen) atoms. The van der Waals surface area contributed by atoms with Crippen molar-refractivity contribution >= 4 is 16.0 Å². The van der Waals surface area contributed by atoms with Gasteiger partial charge in [0, 0.05) is 24.4 Å². The molecule has 0 aliphatic heterocycles. The molecule has 0 unspecified atom stereocenters. The van der Waals surface area contributed by atoms with Gasteiger partial charge in [-0.15, -0.1) is 0 Å². The summed E-state index contributed by atoms with van der Waals surface area (Å²) < 4.78 is 32.4. The van der Waals surface area contributed by atoms with E-state index in [0.29, 0.717) is 35.1 Å². The molecule has 1 aliphatic carbocycles. The number of anilines is 1. The van der Waals surface area contributed by atoms with Gasteiger partial charge in [-0.25, -0.2) is 18.4 Å². The first-order valence-corrected chi connectivity index (χ1v) is 9.77. The van der Waals surface area contributed by atoms with Crippen molar-refractivity contribution in [2.45, 2.75) is 19.8 Å². The second-order valence-electron chi connectivity index (χ2n) is 6.36. The van der Waals surface area contributed by atoms with Crippen LogP contribution in [0.4, 0.5) is 5.95 Å². The van der Waals surface area contributed by atoms with Crippen LogP contribution >= 0.6 is 0 Å². The first-order chi connectivity index (χ1) is 11.7. The molecule has 2 aromatic rings. The molecule has 0 aromatic carbocycles. The van der Waals surface area contributed by atoms with Crippen molar-refractivity contribution < 1.29 is 13.2 Å². The fraction of sp³-hybridized carbons (Fsp3) is 0.438. The predicted molar refractivity (Wildman–Crippen MR) is 94.1 cm³/mol. The molecule has 3 rings (SSSR count). The number of aromatic nitrogens is 3. The summed E-state index contributed by atoms with van der Waals surface area (Å²) in [5.41, 5.74) is 1.56. The third-order valence-corrected chi connectivity index (χ3v) is 4.39. The fourth-order valence-corrected chi connectivity index (χ4v) is 2.83. The quantitative estimate of drug-likeness (QED) is 0.829. The van der Waals surface area contributed by atoms with Crippen LogP contribution in [0.25, 0.3) is 11.3 Å². The highest BCUT2D eigenvalue weighted by atomic mass is 32.2. The normalized spacial score (nSPS) is 14.4. The summed E-state index contributed by atoms with van der Waals surface area (Å²) >= 11 is 0. The Morgan fingerprint density at radius 1 is 1.40 bits per heavy atom. The number of nitrogens with zero attached hydrogens (tertiary/aromatic N) is 3. The highest BCUT2D eigenvalue weighted by Crippen LogP contribution is 2.33. The first-order valence-electron chi connectivity index (χ1n) is 7.88. The molecular formula is C16H20N4O4S. The van der Waals surface area contributed by atoms with Crippen LogP contribution in [-0.4, -0.2) is 35.8 Å². The van der Waals surface area contributed by atoms with Gasteiger partial charge in [-0.3, -0.25) is 9.52 Å². The van der Waals surface area contributed by atoms with Gasteiger partial charge in [0.15, 0.2) is 5.75 Å². The van der Waals surface area contributed by atoms with Gasteiger partial charge in [-0.05, 0) is 31.7 Å². The highest BCUT2D eigenvalue weighted by Gasteiger charge is 2.23. The molecule has 2 aromatic heterocycles.